The van der Waals surface area contributed by atoms with Crippen molar-refractivity contribution in [3.63, 3.8) is 0 Å². The molecule has 0 saturated carbocycles. The van der Waals surface area contributed by atoms with Crippen LogP contribution in [0.25, 0.3) is 5.69 Å². The monoisotopic (exact) mass is 408 g/mol. The van der Waals surface area contributed by atoms with Crippen molar-refractivity contribution in [2.24, 2.45) is 0 Å². The Bertz CT molecular complexity index is 985. The van der Waals surface area contributed by atoms with E-state index in [1.165, 1.54) is 11.8 Å². The molecular weight excluding hydrogens is 384 g/mol. The highest BCUT2D eigenvalue weighted by Gasteiger charge is 2.18. The second-order valence-corrected chi connectivity index (χ2v) is 7.88. The van der Waals surface area contributed by atoms with Crippen molar-refractivity contribution in [2.45, 2.75) is 11.4 Å². The molecule has 0 bridgehead atoms. The number of hydrogen-bond acceptors (Lipinski definition) is 4. The number of carbonyl (C=O) groups excluding carboxylic acids is 2. The zero-order valence-corrected chi connectivity index (χ0v) is 17.6. The van der Waals surface area contributed by atoms with Crippen molar-refractivity contribution >= 4 is 23.6 Å². The summed E-state index contributed by atoms with van der Waals surface area (Å²) in [6, 6.07) is 17.2. The van der Waals surface area contributed by atoms with Crippen LogP contribution < -0.4 is 0 Å². The second kappa shape index (κ2) is 9.43. The molecule has 0 aliphatic rings. The van der Waals surface area contributed by atoms with Crippen LogP contribution in [0, 0.1) is 0 Å². The van der Waals surface area contributed by atoms with Gasteiger partial charge in [0.1, 0.15) is 0 Å². The molecule has 0 saturated heterocycles. The van der Waals surface area contributed by atoms with Crippen LogP contribution in [0.4, 0.5) is 0 Å². The topological polar surface area (TPSA) is 58.4 Å². The number of thioether (sulfide) groups is 1. The number of aromatic nitrogens is 2. The average Bonchev–Trinajstić information content (AvgIpc) is 3.20. The van der Waals surface area contributed by atoms with Crippen molar-refractivity contribution in [1.29, 1.82) is 0 Å². The van der Waals surface area contributed by atoms with Crippen LogP contribution in [0.3, 0.4) is 0 Å². The van der Waals surface area contributed by atoms with Crippen LogP contribution >= 0.6 is 11.8 Å². The summed E-state index contributed by atoms with van der Waals surface area (Å²) < 4.78 is 1.80. The molecule has 1 heterocycles. The molecule has 7 heteroatoms. The number of amides is 2. The fraction of sp³-hybridized carbons (Fsp3) is 0.227. The first kappa shape index (κ1) is 20.7. The van der Waals surface area contributed by atoms with E-state index >= 15 is 0 Å². The first-order valence-electron chi connectivity index (χ1n) is 9.22. The van der Waals surface area contributed by atoms with Gasteiger partial charge in [0.05, 0.1) is 23.2 Å². The maximum absolute atomic E-state index is 13.0. The number of hydrogen-bond donors (Lipinski definition) is 0. The van der Waals surface area contributed by atoms with Gasteiger partial charge in [0.25, 0.3) is 5.91 Å². The molecule has 0 aliphatic carbocycles. The molecule has 2 aromatic carbocycles. The van der Waals surface area contributed by atoms with E-state index in [9.17, 15) is 9.59 Å². The summed E-state index contributed by atoms with van der Waals surface area (Å²) in [6.45, 7) is 0.446. The minimum atomic E-state index is -0.0853. The van der Waals surface area contributed by atoms with E-state index < -0.39 is 0 Å². The molecule has 3 rings (SSSR count). The Morgan fingerprint density at radius 1 is 1.00 bits per heavy atom. The molecule has 0 spiro atoms. The summed E-state index contributed by atoms with van der Waals surface area (Å²) in [7, 11) is 5.22. The van der Waals surface area contributed by atoms with Gasteiger partial charge in [0, 0.05) is 44.3 Å². The largest absolute Gasteiger partial charge is 0.348 e. The van der Waals surface area contributed by atoms with Gasteiger partial charge in [-0.1, -0.05) is 30.3 Å². The summed E-state index contributed by atoms with van der Waals surface area (Å²) in [5.41, 5.74) is 2.51. The summed E-state index contributed by atoms with van der Waals surface area (Å²) in [6.07, 6.45) is 3.70. The lowest BCUT2D eigenvalue weighted by atomic mass is 10.2. The second-order valence-electron chi connectivity index (χ2n) is 6.86. The van der Waals surface area contributed by atoms with Crippen molar-refractivity contribution < 1.29 is 9.59 Å². The number of carbonyl (C=O) groups is 2. The number of benzene rings is 2. The zero-order chi connectivity index (χ0) is 20.8. The first-order valence-corrected chi connectivity index (χ1v) is 10.2. The third-order valence-corrected chi connectivity index (χ3v) is 5.45. The molecule has 0 fully saturated rings. The van der Waals surface area contributed by atoms with Crippen LogP contribution in [-0.4, -0.2) is 58.3 Å². The smallest absolute Gasteiger partial charge is 0.255 e. The SMILES string of the molecule is CN(C)C(=O)CSc1ccccc1C(=O)N(C)Cc1cnn(-c2ccccc2)c1. The molecule has 0 aliphatic heterocycles. The number of rotatable bonds is 7. The molecule has 0 atom stereocenters. The van der Waals surface area contributed by atoms with E-state index in [1.54, 1.807) is 47.9 Å². The lowest BCUT2D eigenvalue weighted by molar-refractivity contribution is -0.125. The quantitative estimate of drug-likeness (QED) is 0.563. The standard InChI is InChI=1S/C22H24N4O2S/c1-24(2)21(27)16-29-20-12-8-7-11-19(20)22(28)25(3)14-17-13-23-26(15-17)18-9-5-4-6-10-18/h4-13,15H,14,16H2,1-3H3. The Morgan fingerprint density at radius 2 is 1.69 bits per heavy atom. The van der Waals surface area contributed by atoms with Gasteiger partial charge in [0.2, 0.25) is 5.91 Å². The molecule has 2 amide bonds. The predicted molar refractivity (Wildman–Crippen MR) is 115 cm³/mol. The molecule has 6 nitrogen and oxygen atoms in total. The molecule has 0 N–H and O–H groups in total. The highest BCUT2D eigenvalue weighted by atomic mass is 32.2. The normalized spacial score (nSPS) is 10.6. The summed E-state index contributed by atoms with van der Waals surface area (Å²) in [5.74, 6) is 0.224. The van der Waals surface area contributed by atoms with Gasteiger partial charge in [-0.15, -0.1) is 11.8 Å². The van der Waals surface area contributed by atoms with Gasteiger partial charge in [-0.2, -0.15) is 5.10 Å². The van der Waals surface area contributed by atoms with Gasteiger partial charge in [-0.25, -0.2) is 4.68 Å². The van der Waals surface area contributed by atoms with Gasteiger partial charge >= 0.3 is 0 Å². The van der Waals surface area contributed by atoms with Gasteiger partial charge < -0.3 is 9.80 Å². The maximum Gasteiger partial charge on any atom is 0.255 e. The van der Waals surface area contributed by atoms with E-state index in [2.05, 4.69) is 5.10 Å². The van der Waals surface area contributed by atoms with Crippen LogP contribution in [0.2, 0.25) is 0 Å². The molecule has 0 radical (unpaired) electrons. The van der Waals surface area contributed by atoms with Crippen LogP contribution in [0.1, 0.15) is 15.9 Å². The van der Waals surface area contributed by atoms with E-state index in [0.29, 0.717) is 17.9 Å². The Morgan fingerprint density at radius 3 is 2.41 bits per heavy atom. The van der Waals surface area contributed by atoms with Gasteiger partial charge in [0.15, 0.2) is 0 Å². The maximum atomic E-state index is 13.0. The van der Waals surface area contributed by atoms with Crippen LogP contribution in [-0.2, 0) is 11.3 Å². The van der Waals surface area contributed by atoms with Gasteiger partial charge in [-0.3, -0.25) is 9.59 Å². The zero-order valence-electron chi connectivity index (χ0n) is 16.8. The lowest BCUT2D eigenvalue weighted by Crippen LogP contribution is -2.27. The fourth-order valence-electron chi connectivity index (χ4n) is 2.75. The highest BCUT2D eigenvalue weighted by Crippen LogP contribution is 2.24. The minimum Gasteiger partial charge on any atom is -0.348 e. The molecular formula is C22H24N4O2S. The van der Waals surface area contributed by atoms with E-state index in [0.717, 1.165) is 16.1 Å². The van der Waals surface area contributed by atoms with Crippen molar-refractivity contribution in [3.05, 3.63) is 78.1 Å². The molecule has 0 unspecified atom stereocenters. The molecule has 29 heavy (non-hydrogen) atoms. The minimum absolute atomic E-state index is 0.0129. The Labute approximate surface area is 175 Å². The molecule has 150 valence electrons. The Kier molecular flexibility index (Phi) is 6.72. The first-order chi connectivity index (χ1) is 14.0. The van der Waals surface area contributed by atoms with Crippen LogP contribution in [0.5, 0.6) is 0 Å². The van der Waals surface area contributed by atoms with Crippen molar-refractivity contribution in [3.8, 4) is 5.69 Å². The van der Waals surface area contributed by atoms with E-state index in [4.69, 9.17) is 0 Å². The lowest BCUT2D eigenvalue weighted by Gasteiger charge is -2.18. The van der Waals surface area contributed by atoms with E-state index in [1.807, 2.05) is 54.7 Å². The number of para-hydroxylation sites is 1. The van der Waals surface area contributed by atoms with Crippen molar-refractivity contribution in [1.82, 2.24) is 19.6 Å². The summed E-state index contributed by atoms with van der Waals surface area (Å²) in [5, 5.41) is 4.39. The van der Waals surface area contributed by atoms with Crippen LogP contribution in [0.15, 0.2) is 71.9 Å². The summed E-state index contributed by atoms with van der Waals surface area (Å²) >= 11 is 1.38. The molecule has 3 aromatic rings. The highest BCUT2D eigenvalue weighted by molar-refractivity contribution is 8.00. The summed E-state index contributed by atoms with van der Waals surface area (Å²) in [4.78, 5) is 28.9. The fourth-order valence-corrected chi connectivity index (χ4v) is 3.78. The average molecular weight is 409 g/mol. The number of nitrogens with zero attached hydrogens (tertiary/aromatic N) is 4. The third kappa shape index (κ3) is 5.26. The Balaban J connectivity index is 1.69. The molecule has 1 aromatic heterocycles. The third-order valence-electron chi connectivity index (χ3n) is 4.39. The van der Waals surface area contributed by atoms with E-state index in [-0.39, 0.29) is 11.8 Å². The van der Waals surface area contributed by atoms with Crippen molar-refractivity contribution in [2.75, 3.05) is 26.9 Å². The van der Waals surface area contributed by atoms with Gasteiger partial charge in [-0.05, 0) is 24.3 Å². The predicted octanol–water partition coefficient (Wildman–Crippen LogP) is 3.32. The Hall–Kier alpha value is -3.06.